The molecule has 5 nitrogen and oxygen atoms in total. The Labute approximate surface area is 180 Å². The van der Waals surface area contributed by atoms with Crippen LogP contribution in [0.4, 0.5) is 0 Å². The topological polar surface area (TPSA) is 40.1 Å². The summed E-state index contributed by atoms with van der Waals surface area (Å²) < 4.78 is 5.74. The molecule has 7 heteroatoms. The summed E-state index contributed by atoms with van der Waals surface area (Å²) in [6.07, 6.45) is 5.15. The second-order valence-corrected chi connectivity index (χ2v) is 6.89. The van der Waals surface area contributed by atoms with Gasteiger partial charge in [0.25, 0.3) is 0 Å². The zero-order valence-electron chi connectivity index (χ0n) is 15.9. The Morgan fingerprint density at radius 1 is 1.23 bits per heavy atom. The average Bonchev–Trinajstić information content (AvgIpc) is 3.13. The van der Waals surface area contributed by atoms with Crippen molar-refractivity contribution in [1.29, 1.82) is 0 Å². The molecule has 0 aliphatic carbocycles. The van der Waals surface area contributed by atoms with Crippen molar-refractivity contribution in [3.8, 4) is 5.75 Å². The predicted molar refractivity (Wildman–Crippen MR) is 121 cm³/mol. The maximum absolute atomic E-state index is 5.87. The van der Waals surface area contributed by atoms with E-state index >= 15 is 0 Å². The van der Waals surface area contributed by atoms with Gasteiger partial charge in [0.15, 0.2) is 5.96 Å². The van der Waals surface area contributed by atoms with Crippen LogP contribution >= 0.6 is 35.6 Å². The van der Waals surface area contributed by atoms with Crippen LogP contribution in [0.1, 0.15) is 25.7 Å². The molecule has 2 rings (SSSR count). The molecule has 0 atom stereocenters. The maximum Gasteiger partial charge on any atom is 0.193 e. The van der Waals surface area contributed by atoms with Gasteiger partial charge in [-0.25, -0.2) is 0 Å². The minimum Gasteiger partial charge on any atom is -0.492 e. The van der Waals surface area contributed by atoms with E-state index in [-0.39, 0.29) is 24.0 Å². The summed E-state index contributed by atoms with van der Waals surface area (Å²) in [5.41, 5.74) is 0. The van der Waals surface area contributed by atoms with Gasteiger partial charge in [-0.15, -0.1) is 24.0 Å². The largest absolute Gasteiger partial charge is 0.492 e. The summed E-state index contributed by atoms with van der Waals surface area (Å²) in [4.78, 5) is 9.01. The van der Waals surface area contributed by atoms with Crippen LogP contribution in [0.25, 0.3) is 0 Å². The third kappa shape index (κ3) is 8.77. The second-order valence-electron chi connectivity index (χ2n) is 6.45. The molecule has 1 saturated heterocycles. The van der Waals surface area contributed by atoms with E-state index in [4.69, 9.17) is 16.3 Å². The molecule has 0 amide bonds. The normalized spacial score (nSPS) is 14.8. The van der Waals surface area contributed by atoms with Gasteiger partial charge in [-0.05, 0) is 69.6 Å². The molecule has 1 aromatic carbocycles. The molecule has 0 saturated carbocycles. The average molecular weight is 495 g/mol. The lowest BCUT2D eigenvalue weighted by Gasteiger charge is -2.22. The fraction of sp³-hybridized carbons (Fsp3) is 0.632. The van der Waals surface area contributed by atoms with Gasteiger partial charge in [-0.1, -0.05) is 11.6 Å². The number of ether oxygens (including phenoxy) is 1. The number of hydrogen-bond donors (Lipinski definition) is 1. The van der Waals surface area contributed by atoms with Crippen LogP contribution in [0.2, 0.25) is 5.02 Å². The first-order valence-corrected chi connectivity index (χ1v) is 9.59. The molecule has 1 aliphatic heterocycles. The molecule has 0 bridgehead atoms. The lowest BCUT2D eigenvalue weighted by molar-refractivity contribution is 0.281. The first-order valence-electron chi connectivity index (χ1n) is 9.21. The highest BCUT2D eigenvalue weighted by molar-refractivity contribution is 14.0. The zero-order chi connectivity index (χ0) is 17.9. The number of likely N-dealkylation sites (tertiary alicyclic amines) is 1. The summed E-state index contributed by atoms with van der Waals surface area (Å²) in [7, 11) is 3.86. The number of rotatable bonds is 9. The van der Waals surface area contributed by atoms with Gasteiger partial charge in [-0.3, -0.25) is 4.99 Å². The van der Waals surface area contributed by atoms with Crippen LogP contribution in [0, 0.1) is 0 Å². The Kier molecular flexibility index (Phi) is 12.0. The van der Waals surface area contributed by atoms with E-state index < -0.39 is 0 Å². The fourth-order valence-corrected chi connectivity index (χ4v) is 3.11. The van der Waals surface area contributed by atoms with Crippen molar-refractivity contribution in [2.75, 3.05) is 53.4 Å². The molecule has 0 unspecified atom stereocenters. The van der Waals surface area contributed by atoms with Crippen molar-refractivity contribution >= 4 is 41.5 Å². The van der Waals surface area contributed by atoms with Crippen molar-refractivity contribution < 1.29 is 4.74 Å². The number of nitrogens with one attached hydrogen (secondary N) is 1. The number of unbranched alkanes of at least 4 members (excludes halogenated alkanes) is 1. The molecule has 0 aromatic heterocycles. The van der Waals surface area contributed by atoms with E-state index in [0.29, 0.717) is 6.61 Å². The summed E-state index contributed by atoms with van der Waals surface area (Å²) >= 11 is 5.87. The Morgan fingerprint density at radius 3 is 2.58 bits per heavy atom. The second kappa shape index (κ2) is 13.4. The molecule has 0 radical (unpaired) electrons. The maximum atomic E-state index is 5.87. The molecule has 1 fully saturated rings. The van der Waals surface area contributed by atoms with Crippen LogP contribution in [0.5, 0.6) is 5.75 Å². The van der Waals surface area contributed by atoms with E-state index in [2.05, 4.69) is 20.1 Å². The molecule has 148 valence electrons. The SMILES string of the molecule is CN=C(NCCCCN1CCCC1)N(C)CCOc1ccc(Cl)cc1.I. The van der Waals surface area contributed by atoms with E-state index in [1.807, 2.05) is 38.4 Å². The number of benzene rings is 1. The first-order chi connectivity index (χ1) is 12.2. The first kappa shape index (κ1) is 23.3. The van der Waals surface area contributed by atoms with Crippen LogP contribution in [0.15, 0.2) is 29.3 Å². The standard InChI is InChI=1S/C19H31ClN4O.HI/c1-21-19(22-11-3-4-12-24-13-5-6-14-24)23(2)15-16-25-18-9-7-17(20)8-10-18;/h7-10H,3-6,11-16H2,1-2H3,(H,21,22);1H. The number of hydrogen-bond acceptors (Lipinski definition) is 3. The van der Waals surface area contributed by atoms with Crippen LogP contribution < -0.4 is 10.1 Å². The molecule has 1 aliphatic rings. The third-order valence-electron chi connectivity index (χ3n) is 4.47. The van der Waals surface area contributed by atoms with Crippen LogP contribution in [-0.4, -0.2) is 69.2 Å². The number of halogens is 2. The lowest BCUT2D eigenvalue weighted by atomic mass is 10.3. The van der Waals surface area contributed by atoms with Gasteiger partial charge >= 0.3 is 0 Å². The Balaban J connectivity index is 0.00000338. The van der Waals surface area contributed by atoms with Gasteiger partial charge < -0.3 is 19.9 Å². The fourth-order valence-electron chi connectivity index (χ4n) is 2.99. The van der Waals surface area contributed by atoms with E-state index in [0.717, 1.165) is 29.8 Å². The van der Waals surface area contributed by atoms with Gasteiger partial charge in [0.05, 0.1) is 6.54 Å². The van der Waals surface area contributed by atoms with Gasteiger partial charge in [0.1, 0.15) is 12.4 Å². The van der Waals surface area contributed by atoms with Crippen molar-refractivity contribution in [2.45, 2.75) is 25.7 Å². The Morgan fingerprint density at radius 2 is 1.92 bits per heavy atom. The zero-order valence-corrected chi connectivity index (χ0v) is 19.0. The summed E-state index contributed by atoms with van der Waals surface area (Å²) in [6.45, 7) is 6.13. The quantitative estimate of drug-likeness (QED) is 0.246. The molecular weight excluding hydrogens is 463 g/mol. The number of guanidine groups is 1. The van der Waals surface area contributed by atoms with Crippen molar-refractivity contribution in [3.05, 3.63) is 29.3 Å². The smallest absolute Gasteiger partial charge is 0.193 e. The van der Waals surface area contributed by atoms with E-state index in [9.17, 15) is 0 Å². The lowest BCUT2D eigenvalue weighted by Crippen LogP contribution is -2.41. The highest BCUT2D eigenvalue weighted by Crippen LogP contribution is 2.15. The third-order valence-corrected chi connectivity index (χ3v) is 4.72. The molecule has 1 N–H and O–H groups in total. The van der Waals surface area contributed by atoms with Crippen LogP contribution in [-0.2, 0) is 0 Å². The molecule has 26 heavy (non-hydrogen) atoms. The summed E-state index contributed by atoms with van der Waals surface area (Å²) in [5, 5.41) is 4.16. The summed E-state index contributed by atoms with van der Waals surface area (Å²) in [5.74, 6) is 1.75. The van der Waals surface area contributed by atoms with Crippen molar-refractivity contribution in [2.24, 2.45) is 4.99 Å². The van der Waals surface area contributed by atoms with E-state index in [1.165, 1.54) is 45.3 Å². The molecular formula is C19H32ClIN4O. The number of nitrogens with zero attached hydrogens (tertiary/aromatic N) is 3. The summed E-state index contributed by atoms with van der Waals surface area (Å²) in [6, 6.07) is 7.44. The minimum atomic E-state index is 0. The monoisotopic (exact) mass is 494 g/mol. The van der Waals surface area contributed by atoms with Gasteiger partial charge in [0, 0.05) is 25.7 Å². The van der Waals surface area contributed by atoms with Crippen molar-refractivity contribution in [1.82, 2.24) is 15.1 Å². The van der Waals surface area contributed by atoms with Crippen molar-refractivity contribution in [3.63, 3.8) is 0 Å². The van der Waals surface area contributed by atoms with Gasteiger partial charge in [-0.2, -0.15) is 0 Å². The Bertz CT molecular complexity index is 521. The van der Waals surface area contributed by atoms with E-state index in [1.54, 1.807) is 0 Å². The molecule has 0 spiro atoms. The number of aliphatic imine (C=N–C) groups is 1. The van der Waals surface area contributed by atoms with Crippen LogP contribution in [0.3, 0.4) is 0 Å². The predicted octanol–water partition coefficient (Wildman–Crippen LogP) is 3.72. The minimum absolute atomic E-state index is 0. The highest BCUT2D eigenvalue weighted by Gasteiger charge is 2.10. The highest BCUT2D eigenvalue weighted by atomic mass is 127. The Hall–Kier alpha value is -0.730. The van der Waals surface area contributed by atoms with Gasteiger partial charge in [0.2, 0.25) is 0 Å². The number of likely N-dealkylation sites (N-methyl/N-ethyl adjacent to an activating group) is 1. The molecule has 1 aromatic rings. The molecule has 1 heterocycles.